The summed E-state index contributed by atoms with van der Waals surface area (Å²) in [5, 5.41) is 0. The minimum Gasteiger partial charge on any atom is -0.741 e. The molecule has 0 aliphatic rings. The molecule has 0 bridgehead atoms. The molecule has 289 valence electrons. The molecule has 0 aromatic carbocycles. The topological polar surface area (TPSA) is 223 Å². The summed E-state index contributed by atoms with van der Waals surface area (Å²) < 4.78 is 177. The van der Waals surface area contributed by atoms with E-state index in [4.69, 9.17) is 38.9 Å². The molecule has 13 nitrogen and oxygen atoms in total. The number of aromatic nitrogens is 4. The number of pyridine rings is 4. The third kappa shape index (κ3) is 37.6. The Balaban J connectivity index is -0.000000157. The van der Waals surface area contributed by atoms with Crippen LogP contribution in [0.3, 0.4) is 0 Å². The molecule has 27 heteroatoms. The van der Waals surface area contributed by atoms with Gasteiger partial charge in [0.1, 0.15) is 0 Å². The number of alkyl halides is 9. The van der Waals surface area contributed by atoms with Crippen LogP contribution in [0, 0.1) is 0 Å². The minimum atomic E-state index is -6.09. The molecule has 0 saturated heterocycles. The van der Waals surface area contributed by atoms with Crippen molar-refractivity contribution in [2.45, 2.75) is 16.5 Å². The van der Waals surface area contributed by atoms with Gasteiger partial charge in [-0.3, -0.25) is 19.9 Å². The number of nitrogens with zero attached hydrogens (tertiary/aromatic N) is 4. The SMILES string of the molecule is O=S(=O)([O-])C(F)(F)F.O=S(=O)([O-])C(F)(F)F.O=S(=O)([O-])C(F)(F)F.[Cu+2].[Cu+].c1ccncc1.c1ccncc1.c1ccncc1.c1ccncc1. The smallest absolute Gasteiger partial charge is 0.741 e. The van der Waals surface area contributed by atoms with Crippen LogP contribution < -0.4 is 0 Å². The Bertz CT molecular complexity index is 1320. The maximum Gasteiger partial charge on any atom is 2.00 e. The van der Waals surface area contributed by atoms with E-state index in [0.717, 1.165) is 0 Å². The van der Waals surface area contributed by atoms with E-state index in [1.165, 1.54) is 0 Å². The number of rotatable bonds is 0. The molecule has 4 aromatic heterocycles. The molecule has 0 atom stereocenters. The van der Waals surface area contributed by atoms with Crippen molar-refractivity contribution in [1.82, 2.24) is 19.9 Å². The van der Waals surface area contributed by atoms with Crippen LogP contribution in [0.4, 0.5) is 39.5 Å². The van der Waals surface area contributed by atoms with Crippen molar-refractivity contribution in [2.75, 3.05) is 0 Å². The zero-order valence-electron chi connectivity index (χ0n) is 23.7. The molecule has 0 N–H and O–H groups in total. The largest absolute Gasteiger partial charge is 2.00 e. The summed E-state index contributed by atoms with van der Waals surface area (Å²) in [5.74, 6) is 0. The second kappa shape index (κ2) is 28.4. The van der Waals surface area contributed by atoms with Gasteiger partial charge in [0.05, 0.1) is 0 Å². The van der Waals surface area contributed by atoms with Gasteiger partial charge >= 0.3 is 50.7 Å². The Labute approximate surface area is 300 Å². The van der Waals surface area contributed by atoms with E-state index in [9.17, 15) is 39.5 Å². The van der Waals surface area contributed by atoms with E-state index in [1.807, 2.05) is 72.8 Å². The minimum absolute atomic E-state index is 0. The first-order valence-corrected chi connectivity index (χ1v) is 15.4. The second-order valence-corrected chi connectivity index (χ2v) is 10.9. The molecule has 0 aliphatic heterocycles. The molecule has 50 heavy (non-hydrogen) atoms. The van der Waals surface area contributed by atoms with E-state index in [2.05, 4.69) is 19.9 Å². The van der Waals surface area contributed by atoms with Crippen molar-refractivity contribution in [1.29, 1.82) is 0 Å². The first-order valence-electron chi connectivity index (χ1n) is 11.2. The van der Waals surface area contributed by atoms with Gasteiger partial charge in [-0.05, 0) is 48.5 Å². The van der Waals surface area contributed by atoms with Gasteiger partial charge in [-0.1, -0.05) is 24.3 Å². The van der Waals surface area contributed by atoms with Gasteiger partial charge in [-0.15, -0.1) is 0 Å². The normalized spacial score (nSPS) is 10.6. The summed E-state index contributed by atoms with van der Waals surface area (Å²) in [7, 11) is -18.3. The van der Waals surface area contributed by atoms with Crippen LogP contribution in [-0.4, -0.2) is 75.4 Å². The van der Waals surface area contributed by atoms with Gasteiger partial charge in [0.25, 0.3) is 0 Å². The molecule has 0 fully saturated rings. The number of hydrogen-bond acceptors (Lipinski definition) is 13. The van der Waals surface area contributed by atoms with Crippen molar-refractivity contribution < 1.29 is 113 Å². The average molecular weight is 891 g/mol. The molecule has 0 unspecified atom stereocenters. The molecule has 4 aromatic rings. The van der Waals surface area contributed by atoms with Crippen molar-refractivity contribution in [2.24, 2.45) is 0 Å². The summed E-state index contributed by atoms with van der Waals surface area (Å²) in [6.07, 6.45) is 14.0. The van der Waals surface area contributed by atoms with E-state index in [0.29, 0.717) is 0 Å². The first-order chi connectivity index (χ1) is 21.8. The van der Waals surface area contributed by atoms with E-state index >= 15 is 0 Å². The van der Waals surface area contributed by atoms with Crippen molar-refractivity contribution in [3.05, 3.63) is 122 Å². The zero-order valence-corrected chi connectivity index (χ0v) is 28.1. The van der Waals surface area contributed by atoms with Crippen LogP contribution in [0.15, 0.2) is 122 Å². The maximum absolute atomic E-state index is 10.7. The Morgan fingerprint density at radius 3 is 0.460 bits per heavy atom. The molecular weight excluding hydrogens is 871 g/mol. The summed E-state index contributed by atoms with van der Waals surface area (Å²) in [6.45, 7) is 0. The Morgan fingerprint density at radius 2 is 0.440 bits per heavy atom. The average Bonchev–Trinajstić information content (AvgIpc) is 3.00. The fourth-order valence-electron chi connectivity index (χ4n) is 1.25. The summed E-state index contributed by atoms with van der Waals surface area (Å²) >= 11 is 0. The van der Waals surface area contributed by atoms with E-state index < -0.39 is 46.9 Å². The Hall–Kier alpha value is -3.26. The van der Waals surface area contributed by atoms with Gasteiger partial charge in [-0.2, -0.15) is 39.5 Å². The molecule has 0 aliphatic carbocycles. The summed E-state index contributed by atoms with van der Waals surface area (Å²) in [6, 6.07) is 22.9. The molecular formula is C23H20Cu2F9N4O9S3. The van der Waals surface area contributed by atoms with E-state index in [-0.39, 0.29) is 34.1 Å². The fraction of sp³-hybridized carbons (Fsp3) is 0.130. The van der Waals surface area contributed by atoms with Crippen LogP contribution in [-0.2, 0) is 64.5 Å². The number of halogens is 9. The van der Waals surface area contributed by atoms with Gasteiger partial charge in [0, 0.05) is 49.6 Å². The van der Waals surface area contributed by atoms with Gasteiger partial charge in [0.15, 0.2) is 30.4 Å². The Kier molecular flexibility index (Phi) is 31.9. The first kappa shape index (κ1) is 56.1. The predicted octanol–water partition coefficient (Wildman–Crippen LogP) is 4.48. The standard InChI is InChI=1S/4C5H5N.3CHF3O3S.2Cu/c4*1-2-4-6-5-3-1;3*2-1(3,4)8(5,6)7;;/h4*1-5H;3*(H,5,6,7);;/q;;;;;;;+1;+2/p-3. The van der Waals surface area contributed by atoms with Crippen LogP contribution in [0.5, 0.6) is 0 Å². The molecule has 1 radical (unpaired) electrons. The van der Waals surface area contributed by atoms with Crippen LogP contribution >= 0.6 is 0 Å². The molecule has 4 rings (SSSR count). The number of hydrogen-bond donors (Lipinski definition) is 0. The third-order valence-corrected chi connectivity index (χ3v) is 4.82. The van der Waals surface area contributed by atoms with Gasteiger partial charge < -0.3 is 13.7 Å². The second-order valence-electron chi connectivity index (χ2n) is 6.80. The molecule has 4 heterocycles. The fourth-order valence-corrected chi connectivity index (χ4v) is 1.25. The third-order valence-electron chi connectivity index (χ3n) is 3.12. The van der Waals surface area contributed by atoms with E-state index in [1.54, 1.807) is 49.6 Å². The van der Waals surface area contributed by atoms with Crippen LogP contribution in [0.1, 0.15) is 0 Å². The van der Waals surface area contributed by atoms with Crippen molar-refractivity contribution >= 4 is 30.4 Å². The monoisotopic (exact) mass is 889 g/mol. The molecule has 0 saturated carbocycles. The van der Waals surface area contributed by atoms with Gasteiger partial charge in [-0.25, -0.2) is 25.3 Å². The summed E-state index contributed by atoms with van der Waals surface area (Å²) in [5.41, 5.74) is -16.9. The maximum atomic E-state index is 10.7. The molecule has 0 amide bonds. The predicted molar refractivity (Wildman–Crippen MR) is 144 cm³/mol. The summed E-state index contributed by atoms with van der Waals surface area (Å²) in [4.78, 5) is 15.1. The quantitative estimate of drug-likeness (QED) is 0.103. The van der Waals surface area contributed by atoms with Crippen molar-refractivity contribution in [3.8, 4) is 0 Å². The Morgan fingerprint density at radius 1 is 0.340 bits per heavy atom. The van der Waals surface area contributed by atoms with Crippen molar-refractivity contribution in [3.63, 3.8) is 0 Å². The molecule has 0 spiro atoms. The van der Waals surface area contributed by atoms with Crippen LogP contribution in [0.2, 0.25) is 0 Å². The zero-order chi connectivity index (χ0) is 38.0. The van der Waals surface area contributed by atoms with Crippen LogP contribution in [0.25, 0.3) is 0 Å². The van der Waals surface area contributed by atoms with Gasteiger partial charge in [0.2, 0.25) is 0 Å².